The van der Waals surface area contributed by atoms with E-state index in [-0.39, 0.29) is 0 Å². The van der Waals surface area contributed by atoms with Crippen molar-refractivity contribution in [3.63, 3.8) is 0 Å². The second-order valence-corrected chi connectivity index (χ2v) is 5.17. The van der Waals surface area contributed by atoms with Crippen molar-refractivity contribution in [2.45, 2.75) is 13.5 Å². The minimum atomic E-state index is 0.404. The number of anilines is 1. The first-order valence-electron chi connectivity index (χ1n) is 7.31. The van der Waals surface area contributed by atoms with E-state index in [1.807, 2.05) is 49.4 Å². The molecule has 5 nitrogen and oxygen atoms in total. The molecular formula is C17H16ClN3O2. The molecule has 0 atom stereocenters. The summed E-state index contributed by atoms with van der Waals surface area (Å²) in [5.74, 6) is 1.68. The van der Waals surface area contributed by atoms with Crippen molar-refractivity contribution in [1.82, 2.24) is 10.2 Å². The molecule has 0 fully saturated rings. The summed E-state index contributed by atoms with van der Waals surface area (Å²) in [5.41, 5.74) is 1.61. The summed E-state index contributed by atoms with van der Waals surface area (Å²) in [6.07, 6.45) is 0. The van der Waals surface area contributed by atoms with Crippen LogP contribution in [0.1, 0.15) is 12.8 Å². The monoisotopic (exact) mass is 329 g/mol. The molecule has 0 saturated heterocycles. The number of aromatic nitrogens is 2. The predicted octanol–water partition coefficient (Wildman–Crippen LogP) is 4.40. The van der Waals surface area contributed by atoms with Gasteiger partial charge in [0.25, 0.3) is 0 Å². The van der Waals surface area contributed by atoms with E-state index in [0.29, 0.717) is 30.0 Å². The minimum Gasteiger partial charge on any atom is -0.492 e. The van der Waals surface area contributed by atoms with Gasteiger partial charge in [0, 0.05) is 0 Å². The van der Waals surface area contributed by atoms with Gasteiger partial charge in [0.05, 0.1) is 29.4 Å². The maximum atomic E-state index is 6.14. The first kappa shape index (κ1) is 15.4. The van der Waals surface area contributed by atoms with E-state index < -0.39 is 0 Å². The summed E-state index contributed by atoms with van der Waals surface area (Å²) in [5, 5.41) is 11.9. The van der Waals surface area contributed by atoms with Gasteiger partial charge in [-0.05, 0) is 31.2 Å². The van der Waals surface area contributed by atoms with Crippen molar-refractivity contribution >= 4 is 17.3 Å². The summed E-state index contributed by atoms with van der Waals surface area (Å²) in [4.78, 5) is 0. The van der Waals surface area contributed by atoms with E-state index in [2.05, 4.69) is 15.5 Å². The molecule has 3 aromatic rings. The van der Waals surface area contributed by atoms with Crippen molar-refractivity contribution in [3.8, 4) is 17.2 Å². The van der Waals surface area contributed by atoms with Crippen LogP contribution >= 0.6 is 11.6 Å². The van der Waals surface area contributed by atoms with Crippen LogP contribution in [0.2, 0.25) is 5.02 Å². The molecule has 0 aliphatic rings. The lowest BCUT2D eigenvalue weighted by atomic mass is 10.2. The van der Waals surface area contributed by atoms with E-state index >= 15 is 0 Å². The highest BCUT2D eigenvalue weighted by Gasteiger charge is 2.11. The van der Waals surface area contributed by atoms with E-state index in [4.69, 9.17) is 20.8 Å². The number of rotatable bonds is 6. The van der Waals surface area contributed by atoms with Gasteiger partial charge in [-0.2, -0.15) is 0 Å². The zero-order valence-electron chi connectivity index (χ0n) is 12.6. The Kier molecular flexibility index (Phi) is 4.78. The lowest BCUT2D eigenvalue weighted by molar-refractivity contribution is 0.341. The molecule has 1 heterocycles. The Labute approximate surface area is 139 Å². The fourth-order valence-electron chi connectivity index (χ4n) is 2.13. The normalized spacial score (nSPS) is 10.5. The predicted molar refractivity (Wildman–Crippen MR) is 89.7 cm³/mol. The maximum Gasteiger partial charge on any atom is 0.249 e. The highest BCUT2D eigenvalue weighted by molar-refractivity contribution is 6.33. The average Bonchev–Trinajstić information content (AvgIpc) is 3.03. The summed E-state index contributed by atoms with van der Waals surface area (Å²) in [6.45, 7) is 2.96. The molecule has 1 N–H and O–H groups in total. The van der Waals surface area contributed by atoms with Crippen LogP contribution < -0.4 is 10.1 Å². The lowest BCUT2D eigenvalue weighted by Crippen LogP contribution is -2.02. The van der Waals surface area contributed by atoms with Crippen molar-refractivity contribution in [2.75, 3.05) is 11.9 Å². The van der Waals surface area contributed by atoms with Crippen molar-refractivity contribution in [2.24, 2.45) is 0 Å². The molecule has 0 saturated carbocycles. The molecule has 6 heteroatoms. The molecule has 118 valence electrons. The minimum absolute atomic E-state index is 0.404. The highest BCUT2D eigenvalue weighted by atomic mass is 35.5. The van der Waals surface area contributed by atoms with Crippen LogP contribution in [0, 0.1) is 0 Å². The van der Waals surface area contributed by atoms with Crippen LogP contribution in [0.4, 0.5) is 5.69 Å². The van der Waals surface area contributed by atoms with Crippen LogP contribution in [0.15, 0.2) is 52.9 Å². The summed E-state index contributed by atoms with van der Waals surface area (Å²) in [7, 11) is 0. The number of halogens is 1. The Hall–Kier alpha value is -2.53. The SMILES string of the molecule is CCOc1ccccc1NCc1nnc(-c2ccccc2Cl)o1. The first-order chi connectivity index (χ1) is 11.3. The number of nitrogens with one attached hydrogen (secondary N) is 1. The number of benzene rings is 2. The summed E-state index contributed by atoms with van der Waals surface area (Å²) in [6, 6.07) is 15.1. The zero-order chi connectivity index (χ0) is 16.1. The Bertz CT molecular complexity index is 789. The van der Waals surface area contributed by atoms with Crippen LogP contribution in [0.3, 0.4) is 0 Å². The third kappa shape index (κ3) is 3.63. The largest absolute Gasteiger partial charge is 0.492 e. The van der Waals surface area contributed by atoms with Crippen molar-refractivity contribution in [3.05, 3.63) is 59.4 Å². The quantitative estimate of drug-likeness (QED) is 0.726. The Morgan fingerprint density at radius 2 is 1.87 bits per heavy atom. The fourth-order valence-corrected chi connectivity index (χ4v) is 2.35. The number of para-hydroxylation sites is 2. The number of hydrogen-bond donors (Lipinski definition) is 1. The fraction of sp³-hybridized carbons (Fsp3) is 0.176. The molecular weight excluding hydrogens is 314 g/mol. The van der Waals surface area contributed by atoms with Gasteiger partial charge in [0.15, 0.2) is 0 Å². The van der Waals surface area contributed by atoms with Crippen LogP contribution in [0.25, 0.3) is 11.5 Å². The molecule has 0 spiro atoms. The number of ether oxygens (including phenoxy) is 1. The molecule has 0 amide bonds. The second kappa shape index (κ2) is 7.15. The molecule has 1 aromatic heterocycles. The third-order valence-electron chi connectivity index (χ3n) is 3.19. The van der Waals surface area contributed by atoms with Gasteiger partial charge in [-0.3, -0.25) is 0 Å². The van der Waals surface area contributed by atoms with E-state index in [1.54, 1.807) is 6.07 Å². The highest BCUT2D eigenvalue weighted by Crippen LogP contribution is 2.27. The van der Waals surface area contributed by atoms with Gasteiger partial charge in [-0.25, -0.2) is 0 Å². The zero-order valence-corrected chi connectivity index (χ0v) is 13.4. The van der Waals surface area contributed by atoms with Gasteiger partial charge < -0.3 is 14.5 Å². The van der Waals surface area contributed by atoms with E-state index in [9.17, 15) is 0 Å². The Balaban J connectivity index is 1.72. The standard InChI is InChI=1S/C17H16ClN3O2/c1-2-22-15-10-6-5-9-14(15)19-11-16-20-21-17(23-16)12-7-3-4-8-13(12)18/h3-10,19H,2,11H2,1H3. The Morgan fingerprint density at radius 1 is 1.09 bits per heavy atom. The van der Waals surface area contributed by atoms with Crippen LogP contribution in [-0.2, 0) is 6.54 Å². The average molecular weight is 330 g/mol. The van der Waals surface area contributed by atoms with E-state index in [0.717, 1.165) is 17.0 Å². The Morgan fingerprint density at radius 3 is 2.70 bits per heavy atom. The molecule has 0 radical (unpaired) electrons. The number of nitrogens with zero attached hydrogens (tertiary/aromatic N) is 2. The first-order valence-corrected chi connectivity index (χ1v) is 7.68. The van der Waals surface area contributed by atoms with Crippen LogP contribution in [-0.4, -0.2) is 16.8 Å². The molecule has 0 aliphatic carbocycles. The topological polar surface area (TPSA) is 60.2 Å². The van der Waals surface area contributed by atoms with Crippen molar-refractivity contribution in [1.29, 1.82) is 0 Å². The molecule has 0 unspecified atom stereocenters. The van der Waals surface area contributed by atoms with Crippen LogP contribution in [0.5, 0.6) is 5.75 Å². The molecule has 23 heavy (non-hydrogen) atoms. The van der Waals surface area contributed by atoms with E-state index in [1.165, 1.54) is 0 Å². The van der Waals surface area contributed by atoms with Gasteiger partial charge >= 0.3 is 0 Å². The molecule has 0 bridgehead atoms. The number of hydrogen-bond acceptors (Lipinski definition) is 5. The molecule has 2 aromatic carbocycles. The smallest absolute Gasteiger partial charge is 0.249 e. The third-order valence-corrected chi connectivity index (χ3v) is 3.52. The summed E-state index contributed by atoms with van der Waals surface area (Å²) >= 11 is 6.14. The van der Waals surface area contributed by atoms with Crippen molar-refractivity contribution < 1.29 is 9.15 Å². The summed E-state index contributed by atoms with van der Waals surface area (Å²) < 4.78 is 11.2. The molecule has 3 rings (SSSR count). The molecule has 0 aliphatic heterocycles. The maximum absolute atomic E-state index is 6.14. The van der Waals surface area contributed by atoms with Gasteiger partial charge in [0.2, 0.25) is 11.8 Å². The lowest BCUT2D eigenvalue weighted by Gasteiger charge is -2.10. The van der Waals surface area contributed by atoms with Gasteiger partial charge in [0.1, 0.15) is 5.75 Å². The van der Waals surface area contributed by atoms with Gasteiger partial charge in [-0.15, -0.1) is 10.2 Å². The van der Waals surface area contributed by atoms with Gasteiger partial charge in [-0.1, -0.05) is 35.9 Å². The second-order valence-electron chi connectivity index (χ2n) is 4.76.